The molecular formula is C40H64O19. The van der Waals surface area contributed by atoms with E-state index in [1.165, 1.54) is 55.4 Å². The third-order valence-corrected chi connectivity index (χ3v) is 8.71. The summed E-state index contributed by atoms with van der Waals surface area (Å²) in [6.07, 6.45) is -13.1. The minimum absolute atomic E-state index is 0.380. The summed E-state index contributed by atoms with van der Waals surface area (Å²) in [4.78, 5) is 97.9. The number of Topliss-reactive ketones (excluding diaryl/α,β-unsaturated/α-hetero) is 2. The number of aliphatic hydroxyl groups is 2. The molecule has 0 saturated carbocycles. The molecule has 2 N–H and O–H groups in total. The van der Waals surface area contributed by atoms with E-state index in [0.717, 1.165) is 0 Å². The highest BCUT2D eigenvalue weighted by molar-refractivity contribution is 6.35. The Morgan fingerprint density at radius 1 is 0.492 bits per heavy atom. The van der Waals surface area contributed by atoms with Gasteiger partial charge in [0.25, 0.3) is 0 Å². The van der Waals surface area contributed by atoms with Gasteiger partial charge in [-0.05, 0) is 0 Å². The van der Waals surface area contributed by atoms with E-state index in [1.54, 1.807) is 41.5 Å². The third kappa shape index (κ3) is 15.2. The predicted octanol–water partition coefficient (Wildman–Crippen LogP) is 2.01. The van der Waals surface area contributed by atoms with Gasteiger partial charge < -0.3 is 52.8 Å². The van der Waals surface area contributed by atoms with E-state index in [9.17, 15) is 48.6 Å². The van der Waals surface area contributed by atoms with Gasteiger partial charge in [0.1, 0.15) is 18.8 Å². The highest BCUT2D eigenvalue weighted by Gasteiger charge is 2.65. The molecule has 0 radical (unpaired) electrons. The number of ketones is 2. The summed E-state index contributed by atoms with van der Waals surface area (Å²) in [5, 5.41) is 21.0. The van der Waals surface area contributed by atoms with Gasteiger partial charge in [0.2, 0.25) is 12.1 Å². The molecule has 2 aliphatic heterocycles. The van der Waals surface area contributed by atoms with Gasteiger partial charge in [-0.15, -0.1) is 0 Å². The first-order chi connectivity index (χ1) is 27.2. The van der Waals surface area contributed by atoms with Crippen LogP contribution in [0.2, 0.25) is 0 Å². The quantitative estimate of drug-likeness (QED) is 0.114. The largest absolute Gasteiger partial charge is 0.460 e. The van der Waals surface area contributed by atoms with Crippen LogP contribution in [0.4, 0.5) is 0 Å². The van der Waals surface area contributed by atoms with Crippen LogP contribution in [0.15, 0.2) is 0 Å². The van der Waals surface area contributed by atoms with Crippen molar-refractivity contribution >= 4 is 47.4 Å². The van der Waals surface area contributed by atoms with Crippen LogP contribution in [0.25, 0.3) is 0 Å². The maximum atomic E-state index is 13.2. The first-order valence-corrected chi connectivity index (χ1v) is 19.7. The molecule has 0 aromatic rings. The highest BCUT2D eigenvalue weighted by Crippen LogP contribution is 2.42. The van der Waals surface area contributed by atoms with Gasteiger partial charge in [-0.3, -0.25) is 38.4 Å². The first-order valence-electron chi connectivity index (χ1n) is 19.7. The van der Waals surface area contributed by atoms with Crippen LogP contribution in [-0.2, 0) is 81.0 Å². The second kappa shape index (κ2) is 23.7. The topological polar surface area (TPSA) is 260 Å². The first kappa shape index (κ1) is 53.0. The molecule has 2 heterocycles. The lowest BCUT2D eigenvalue weighted by Crippen LogP contribution is -2.66. The second-order valence-electron chi connectivity index (χ2n) is 16.1. The molecule has 0 aliphatic carbocycles. The van der Waals surface area contributed by atoms with Crippen molar-refractivity contribution in [3.8, 4) is 0 Å². The molecule has 2 saturated heterocycles. The van der Waals surface area contributed by atoms with Crippen LogP contribution in [0.5, 0.6) is 0 Å². The average Bonchev–Trinajstić information content (AvgIpc) is 3.42. The van der Waals surface area contributed by atoms with Gasteiger partial charge in [-0.1, -0.05) is 83.1 Å². The van der Waals surface area contributed by atoms with Gasteiger partial charge in [0, 0.05) is 13.8 Å². The zero-order valence-electron chi connectivity index (χ0n) is 36.5. The molecule has 0 bridgehead atoms. The number of ether oxygens (including phenoxy) is 9. The Kier molecular flexibility index (Phi) is 21.3. The van der Waals surface area contributed by atoms with Crippen LogP contribution in [0.1, 0.15) is 96.9 Å². The number of carbonyl (C=O) groups excluding carboxylic acids is 8. The van der Waals surface area contributed by atoms with Crippen molar-refractivity contribution in [2.24, 2.45) is 35.5 Å². The van der Waals surface area contributed by atoms with Crippen LogP contribution in [0.3, 0.4) is 0 Å². The second-order valence-corrected chi connectivity index (χ2v) is 16.1. The van der Waals surface area contributed by atoms with Crippen molar-refractivity contribution in [2.75, 3.05) is 19.8 Å². The minimum Gasteiger partial charge on any atom is -0.460 e. The normalized spacial score (nSPS) is 26.6. The van der Waals surface area contributed by atoms with E-state index in [0.29, 0.717) is 0 Å². The maximum absolute atomic E-state index is 13.2. The molecule has 0 amide bonds. The molecule has 59 heavy (non-hydrogen) atoms. The molecule has 19 heteroatoms. The summed E-state index contributed by atoms with van der Waals surface area (Å²) in [5.41, 5.74) is 0. The van der Waals surface area contributed by atoms with Gasteiger partial charge >= 0.3 is 35.8 Å². The summed E-state index contributed by atoms with van der Waals surface area (Å²) in [6, 6.07) is 0. The Morgan fingerprint density at radius 2 is 0.847 bits per heavy atom. The van der Waals surface area contributed by atoms with Gasteiger partial charge in [0.15, 0.2) is 42.1 Å². The van der Waals surface area contributed by atoms with Crippen LogP contribution in [-0.4, -0.2) is 132 Å². The third-order valence-electron chi connectivity index (χ3n) is 8.71. The SMILES string of the molecule is CC(=O)C(C)=O.CC(C)C(=O)OC[C@@]1(O[C@H]2O[C@H](CO)[C@@H](OC(=O)C(C)C)[C@H](OC(=O)C(C)C)[C@H]2OC(=O)C(C)C)O[C@H](CO)[C@@H](OC(=O)C(C)C)[C@@H]1OC(=O)C(C)C. The standard InChI is InChI=1S/C36H58O17.C4H6O2/c1-16(2)29(39)45-15-36(28(51-34(44)21(11)12)25(23(14-38)52-36)48-31(41)18(5)6)53-35-27(50-33(43)20(9)10)26(49-32(42)19(7)8)24(22(13-37)46-35)47-30(40)17(3)4;1-3(5)4(2)6/h16-28,35,37-38H,13-15H2,1-12H3;1-2H3/t22-,23-,24-,25-,26+,27-,28+,35-,36+;/m1./s1. The van der Waals surface area contributed by atoms with Crippen LogP contribution < -0.4 is 0 Å². The fourth-order valence-corrected chi connectivity index (χ4v) is 4.92. The van der Waals surface area contributed by atoms with Gasteiger partial charge in [-0.2, -0.15) is 0 Å². The number of hydrogen-bond donors (Lipinski definition) is 2. The highest BCUT2D eigenvalue weighted by atomic mass is 16.8. The Hall–Kier alpha value is -4.04. The molecule has 2 fully saturated rings. The number of rotatable bonds is 18. The van der Waals surface area contributed by atoms with E-state index in [-0.39, 0.29) is 11.6 Å². The van der Waals surface area contributed by atoms with E-state index >= 15 is 0 Å². The maximum Gasteiger partial charge on any atom is 0.308 e. The van der Waals surface area contributed by atoms with E-state index < -0.39 is 146 Å². The zero-order valence-corrected chi connectivity index (χ0v) is 36.5. The number of carbonyl (C=O) groups is 8. The Balaban J connectivity index is 0.00000268. The molecule has 2 aliphatic rings. The Morgan fingerprint density at radius 3 is 1.22 bits per heavy atom. The zero-order chi connectivity index (χ0) is 45.7. The van der Waals surface area contributed by atoms with E-state index in [2.05, 4.69) is 0 Å². The summed E-state index contributed by atoms with van der Waals surface area (Å²) < 4.78 is 53.2. The van der Waals surface area contributed by atoms with Crippen LogP contribution in [0, 0.1) is 35.5 Å². The molecule has 338 valence electrons. The Labute approximate surface area is 345 Å². The summed E-state index contributed by atoms with van der Waals surface area (Å²) in [5.74, 6) is -12.2. The molecule has 0 aromatic carbocycles. The monoisotopic (exact) mass is 848 g/mol. The summed E-state index contributed by atoms with van der Waals surface area (Å²) in [6.45, 7) is 18.5. The molecular weight excluding hydrogens is 784 g/mol. The smallest absolute Gasteiger partial charge is 0.308 e. The Bertz CT molecular complexity index is 1460. The van der Waals surface area contributed by atoms with Crippen molar-refractivity contribution in [3.63, 3.8) is 0 Å². The van der Waals surface area contributed by atoms with Gasteiger partial charge in [-0.25, -0.2) is 0 Å². The van der Waals surface area contributed by atoms with Gasteiger partial charge in [0.05, 0.1) is 48.7 Å². The number of esters is 6. The molecule has 0 spiro atoms. The van der Waals surface area contributed by atoms with Crippen molar-refractivity contribution < 1.29 is 91.2 Å². The lowest BCUT2D eigenvalue weighted by Gasteiger charge is -2.47. The van der Waals surface area contributed by atoms with Crippen LogP contribution >= 0.6 is 0 Å². The fourth-order valence-electron chi connectivity index (χ4n) is 4.92. The molecule has 19 nitrogen and oxygen atoms in total. The average molecular weight is 849 g/mol. The van der Waals surface area contributed by atoms with Crippen molar-refractivity contribution in [1.82, 2.24) is 0 Å². The number of aliphatic hydroxyl groups excluding tert-OH is 2. The minimum atomic E-state index is -2.47. The van der Waals surface area contributed by atoms with Crippen molar-refractivity contribution in [3.05, 3.63) is 0 Å². The summed E-state index contributed by atoms with van der Waals surface area (Å²) >= 11 is 0. The molecule has 2 rings (SSSR count). The summed E-state index contributed by atoms with van der Waals surface area (Å²) in [7, 11) is 0. The lowest BCUT2D eigenvalue weighted by molar-refractivity contribution is -0.385. The van der Waals surface area contributed by atoms with E-state index in [4.69, 9.17) is 42.6 Å². The molecule has 0 unspecified atom stereocenters. The van der Waals surface area contributed by atoms with E-state index in [1.807, 2.05) is 0 Å². The molecule has 9 atom stereocenters. The lowest BCUT2D eigenvalue weighted by atomic mass is 9.97. The fraction of sp³-hybridized carbons (Fsp3) is 0.800. The number of hydrogen-bond acceptors (Lipinski definition) is 19. The van der Waals surface area contributed by atoms with Crippen molar-refractivity contribution in [2.45, 2.75) is 152 Å². The molecule has 0 aromatic heterocycles. The predicted molar refractivity (Wildman–Crippen MR) is 202 cm³/mol. The van der Waals surface area contributed by atoms with Crippen molar-refractivity contribution in [1.29, 1.82) is 0 Å².